The van der Waals surface area contributed by atoms with E-state index in [9.17, 15) is 5.11 Å². The summed E-state index contributed by atoms with van der Waals surface area (Å²) in [7, 11) is 0. The number of hydrogen-bond acceptors (Lipinski definition) is 6. The predicted molar refractivity (Wildman–Crippen MR) is 85.4 cm³/mol. The van der Waals surface area contributed by atoms with Gasteiger partial charge < -0.3 is 5.11 Å². The Labute approximate surface area is 133 Å². The first-order valence-corrected chi connectivity index (χ1v) is 8.32. The summed E-state index contributed by atoms with van der Waals surface area (Å²) in [4.78, 5) is 8.37. The zero-order chi connectivity index (χ0) is 15.4. The zero-order valence-electron chi connectivity index (χ0n) is 12.3. The standard InChI is InChI=1S/C15H19N5OS/c1-2-9-20-14(11-10-16-7-8-17-11)18-19-15(20)22-13-6-4-3-5-12(13)21/h2,7-8,10,12-13,21H,1,3-6,9H2/t12-,13+/m1/s1. The molecule has 2 aromatic heterocycles. The highest BCUT2D eigenvalue weighted by Crippen LogP contribution is 2.34. The molecule has 1 N–H and O–H groups in total. The van der Waals surface area contributed by atoms with E-state index in [1.807, 2.05) is 10.6 Å². The van der Waals surface area contributed by atoms with Gasteiger partial charge in [-0.05, 0) is 12.8 Å². The molecule has 6 nitrogen and oxygen atoms in total. The number of thioether (sulfide) groups is 1. The maximum atomic E-state index is 10.2. The van der Waals surface area contributed by atoms with Crippen molar-refractivity contribution < 1.29 is 5.11 Å². The molecule has 22 heavy (non-hydrogen) atoms. The molecule has 0 aromatic carbocycles. The molecule has 1 aliphatic carbocycles. The second-order valence-corrected chi connectivity index (χ2v) is 6.51. The van der Waals surface area contributed by atoms with Crippen LogP contribution in [0.5, 0.6) is 0 Å². The van der Waals surface area contributed by atoms with E-state index in [1.54, 1.807) is 30.4 Å². The van der Waals surface area contributed by atoms with E-state index in [1.165, 1.54) is 0 Å². The summed E-state index contributed by atoms with van der Waals surface area (Å²) in [5, 5.41) is 19.7. The van der Waals surface area contributed by atoms with Crippen LogP contribution in [-0.2, 0) is 6.54 Å². The van der Waals surface area contributed by atoms with Gasteiger partial charge in [0, 0.05) is 24.2 Å². The van der Waals surface area contributed by atoms with E-state index in [4.69, 9.17) is 0 Å². The fourth-order valence-corrected chi connectivity index (χ4v) is 3.85. The third kappa shape index (κ3) is 3.20. The van der Waals surface area contributed by atoms with Crippen LogP contribution in [0.2, 0.25) is 0 Å². The smallest absolute Gasteiger partial charge is 0.192 e. The summed E-state index contributed by atoms with van der Waals surface area (Å²) in [6.07, 6.45) is 10.6. The third-order valence-electron chi connectivity index (χ3n) is 3.75. The van der Waals surface area contributed by atoms with Crippen LogP contribution in [0, 0.1) is 0 Å². The lowest BCUT2D eigenvalue weighted by Gasteiger charge is -2.26. The lowest BCUT2D eigenvalue weighted by molar-refractivity contribution is 0.137. The summed E-state index contributed by atoms with van der Waals surface area (Å²) in [5.41, 5.74) is 0.688. The first-order valence-electron chi connectivity index (χ1n) is 7.45. The third-order valence-corrected chi connectivity index (χ3v) is 5.11. The van der Waals surface area contributed by atoms with Crippen molar-refractivity contribution >= 4 is 11.8 Å². The van der Waals surface area contributed by atoms with Gasteiger partial charge in [-0.15, -0.1) is 16.8 Å². The minimum atomic E-state index is -0.271. The molecule has 1 fully saturated rings. The lowest BCUT2D eigenvalue weighted by Crippen LogP contribution is -2.27. The van der Waals surface area contributed by atoms with Gasteiger partial charge in [-0.25, -0.2) is 4.98 Å². The summed E-state index contributed by atoms with van der Waals surface area (Å²) < 4.78 is 1.98. The monoisotopic (exact) mass is 317 g/mol. The average molecular weight is 317 g/mol. The van der Waals surface area contributed by atoms with Gasteiger partial charge in [0.05, 0.1) is 12.3 Å². The highest BCUT2D eigenvalue weighted by Gasteiger charge is 2.26. The van der Waals surface area contributed by atoms with Gasteiger partial charge in [-0.2, -0.15) is 0 Å². The molecule has 1 saturated carbocycles. The molecule has 0 saturated heterocycles. The normalized spacial score (nSPS) is 21.7. The van der Waals surface area contributed by atoms with Crippen LogP contribution in [0.1, 0.15) is 25.7 Å². The quantitative estimate of drug-likeness (QED) is 0.853. The second kappa shape index (κ2) is 7.02. The van der Waals surface area contributed by atoms with Crippen LogP contribution in [-0.4, -0.2) is 41.2 Å². The Balaban J connectivity index is 1.88. The van der Waals surface area contributed by atoms with E-state index < -0.39 is 0 Å². The molecule has 0 radical (unpaired) electrons. The van der Waals surface area contributed by atoms with Crippen LogP contribution in [0.3, 0.4) is 0 Å². The van der Waals surface area contributed by atoms with E-state index in [2.05, 4.69) is 26.7 Å². The van der Waals surface area contributed by atoms with Crippen molar-refractivity contribution in [3.8, 4) is 11.5 Å². The van der Waals surface area contributed by atoms with Crippen LogP contribution >= 0.6 is 11.8 Å². The Morgan fingerprint density at radius 2 is 2.18 bits per heavy atom. The SMILES string of the molecule is C=CCn1c(S[C@H]2CCCC[C@H]2O)nnc1-c1cnccn1. The van der Waals surface area contributed by atoms with Crippen LogP contribution in [0.15, 0.2) is 36.4 Å². The molecule has 7 heteroatoms. The second-order valence-electron chi connectivity index (χ2n) is 5.30. The van der Waals surface area contributed by atoms with Crippen molar-refractivity contribution in [3.63, 3.8) is 0 Å². The van der Waals surface area contributed by atoms with Crippen LogP contribution in [0.4, 0.5) is 0 Å². The molecule has 3 rings (SSSR count). The summed E-state index contributed by atoms with van der Waals surface area (Å²) in [6, 6.07) is 0. The minimum absolute atomic E-state index is 0.177. The van der Waals surface area contributed by atoms with Crippen molar-refractivity contribution in [2.45, 2.75) is 48.7 Å². The largest absolute Gasteiger partial charge is 0.392 e. The van der Waals surface area contributed by atoms with Gasteiger partial charge in [-0.3, -0.25) is 9.55 Å². The van der Waals surface area contributed by atoms with Crippen LogP contribution in [0.25, 0.3) is 11.5 Å². The molecule has 2 aromatic rings. The Hall–Kier alpha value is -1.73. The van der Waals surface area contributed by atoms with Crippen molar-refractivity contribution in [3.05, 3.63) is 31.2 Å². The summed E-state index contributed by atoms with van der Waals surface area (Å²) in [5.74, 6) is 0.681. The molecule has 0 aliphatic heterocycles. The van der Waals surface area contributed by atoms with Gasteiger partial charge in [0.15, 0.2) is 11.0 Å². The number of allylic oxidation sites excluding steroid dienone is 1. The van der Waals surface area contributed by atoms with Gasteiger partial charge in [0.1, 0.15) is 5.69 Å². The molecule has 1 aliphatic rings. The fourth-order valence-electron chi connectivity index (χ4n) is 2.62. The van der Waals surface area contributed by atoms with E-state index >= 15 is 0 Å². The number of hydrogen-bond donors (Lipinski definition) is 1. The minimum Gasteiger partial charge on any atom is -0.392 e. The number of aromatic nitrogens is 5. The number of aliphatic hydroxyl groups is 1. The summed E-state index contributed by atoms with van der Waals surface area (Å²) in [6.45, 7) is 4.40. The average Bonchev–Trinajstić information content (AvgIpc) is 2.94. The van der Waals surface area contributed by atoms with Crippen molar-refractivity contribution in [1.82, 2.24) is 24.7 Å². The Kier molecular flexibility index (Phi) is 4.84. The van der Waals surface area contributed by atoms with Crippen molar-refractivity contribution in [2.24, 2.45) is 0 Å². The maximum absolute atomic E-state index is 10.2. The first kappa shape index (κ1) is 15.2. The number of nitrogens with zero attached hydrogens (tertiary/aromatic N) is 5. The molecule has 116 valence electrons. The highest BCUT2D eigenvalue weighted by atomic mass is 32.2. The van der Waals surface area contributed by atoms with E-state index in [0.29, 0.717) is 18.1 Å². The topological polar surface area (TPSA) is 76.7 Å². The maximum Gasteiger partial charge on any atom is 0.192 e. The number of aliphatic hydroxyl groups excluding tert-OH is 1. The fraction of sp³-hybridized carbons (Fsp3) is 0.467. The Morgan fingerprint density at radius 1 is 1.32 bits per heavy atom. The van der Waals surface area contributed by atoms with Gasteiger partial charge in [0.2, 0.25) is 0 Å². The van der Waals surface area contributed by atoms with Gasteiger partial charge in [0.25, 0.3) is 0 Å². The van der Waals surface area contributed by atoms with E-state index in [0.717, 1.165) is 30.8 Å². The van der Waals surface area contributed by atoms with Crippen LogP contribution < -0.4 is 0 Å². The molecular weight excluding hydrogens is 298 g/mol. The summed E-state index contributed by atoms with van der Waals surface area (Å²) >= 11 is 1.60. The molecule has 0 unspecified atom stereocenters. The Morgan fingerprint density at radius 3 is 2.91 bits per heavy atom. The zero-order valence-corrected chi connectivity index (χ0v) is 13.1. The van der Waals surface area contributed by atoms with Gasteiger partial charge in [-0.1, -0.05) is 30.7 Å². The lowest BCUT2D eigenvalue weighted by atomic mass is 9.97. The molecule has 0 amide bonds. The molecule has 2 heterocycles. The Bertz CT molecular complexity index is 630. The van der Waals surface area contributed by atoms with Crippen molar-refractivity contribution in [1.29, 1.82) is 0 Å². The first-order chi connectivity index (χ1) is 10.8. The highest BCUT2D eigenvalue weighted by molar-refractivity contribution is 7.99. The molecule has 0 spiro atoms. The van der Waals surface area contributed by atoms with E-state index in [-0.39, 0.29) is 11.4 Å². The number of rotatable bonds is 5. The van der Waals surface area contributed by atoms with Gasteiger partial charge >= 0.3 is 0 Å². The molecule has 0 bridgehead atoms. The van der Waals surface area contributed by atoms with Crippen molar-refractivity contribution in [2.75, 3.05) is 0 Å². The predicted octanol–water partition coefficient (Wildman–Crippen LogP) is 2.32. The molecular formula is C15H19N5OS. The molecule has 2 atom stereocenters.